The van der Waals surface area contributed by atoms with Gasteiger partial charge >= 0.3 is 5.97 Å². The summed E-state index contributed by atoms with van der Waals surface area (Å²) >= 11 is 0. The number of carbonyl (C=O) groups is 2. The van der Waals surface area contributed by atoms with E-state index in [-0.39, 0.29) is 25.6 Å². The molecule has 0 aromatic rings. The largest absolute Gasteiger partial charge is 0.480 e. The van der Waals surface area contributed by atoms with Crippen LogP contribution in [0.5, 0.6) is 0 Å². The molecule has 0 saturated carbocycles. The molecule has 3 atom stereocenters. The number of hydrogen-bond donors (Lipinski definition) is 4. The molecule has 0 bridgehead atoms. The smallest absolute Gasteiger partial charge is 0.317 e. The molecule has 8 heteroatoms. The lowest BCUT2D eigenvalue weighted by molar-refractivity contribution is -0.138. The molecule has 1 amide bonds. The number of aliphatic carboxylic acids is 1. The van der Waals surface area contributed by atoms with Crippen molar-refractivity contribution in [2.24, 2.45) is 0 Å². The number of rotatable bonds is 6. The summed E-state index contributed by atoms with van der Waals surface area (Å²) in [5.74, 6) is -1.19. The van der Waals surface area contributed by atoms with Gasteiger partial charge in [-0.2, -0.15) is 0 Å². The van der Waals surface area contributed by atoms with Crippen molar-refractivity contribution in [2.75, 3.05) is 39.3 Å². The Morgan fingerprint density at radius 3 is 2.43 bits per heavy atom. The molecule has 4 N–H and O–H groups in total. The van der Waals surface area contributed by atoms with Gasteiger partial charge in [-0.15, -0.1) is 0 Å². The van der Waals surface area contributed by atoms with Gasteiger partial charge in [0.2, 0.25) is 5.91 Å². The van der Waals surface area contributed by atoms with Crippen molar-refractivity contribution >= 4 is 11.9 Å². The highest BCUT2D eigenvalue weighted by Gasteiger charge is 2.41. The van der Waals surface area contributed by atoms with E-state index in [1.807, 2.05) is 0 Å². The fraction of sp³-hybridized carbons (Fsp3) is 0.846. The summed E-state index contributed by atoms with van der Waals surface area (Å²) in [5.41, 5.74) is 0. The van der Waals surface area contributed by atoms with E-state index in [0.29, 0.717) is 6.54 Å². The van der Waals surface area contributed by atoms with Gasteiger partial charge in [-0.05, 0) is 25.9 Å². The van der Waals surface area contributed by atoms with Crippen LogP contribution in [0.4, 0.5) is 0 Å². The van der Waals surface area contributed by atoms with Crippen molar-refractivity contribution in [1.82, 2.24) is 15.1 Å². The van der Waals surface area contributed by atoms with Crippen LogP contribution in [0.15, 0.2) is 0 Å². The van der Waals surface area contributed by atoms with Crippen LogP contribution in [0.2, 0.25) is 0 Å². The van der Waals surface area contributed by atoms with Gasteiger partial charge in [0.1, 0.15) is 0 Å². The normalized spacial score (nSPS) is 30.7. The van der Waals surface area contributed by atoms with E-state index in [1.54, 1.807) is 0 Å². The van der Waals surface area contributed by atoms with Crippen molar-refractivity contribution < 1.29 is 24.9 Å². The number of aliphatic hydroxyl groups excluding tert-OH is 2. The number of amides is 1. The molecule has 0 spiro atoms. The highest BCUT2D eigenvalue weighted by atomic mass is 16.4. The molecular formula is C13H23N3O5. The number of carboxylic acids is 1. The van der Waals surface area contributed by atoms with Gasteiger partial charge in [0.15, 0.2) is 0 Å². The van der Waals surface area contributed by atoms with Gasteiger partial charge in [0.25, 0.3) is 0 Å². The zero-order chi connectivity index (χ0) is 15.4. The van der Waals surface area contributed by atoms with Gasteiger partial charge in [-0.25, -0.2) is 0 Å². The second-order valence-electron chi connectivity index (χ2n) is 5.72. The molecule has 2 fully saturated rings. The number of hydrogen-bond acceptors (Lipinski definition) is 6. The summed E-state index contributed by atoms with van der Waals surface area (Å²) in [7, 11) is 0. The van der Waals surface area contributed by atoms with Gasteiger partial charge in [0.05, 0.1) is 37.9 Å². The lowest BCUT2D eigenvalue weighted by atomic mass is 10.1. The van der Waals surface area contributed by atoms with Crippen molar-refractivity contribution in [2.45, 2.75) is 31.0 Å². The molecule has 3 unspecified atom stereocenters. The second-order valence-corrected chi connectivity index (χ2v) is 5.72. The van der Waals surface area contributed by atoms with Crippen molar-refractivity contribution in [3.8, 4) is 0 Å². The molecule has 0 radical (unpaired) electrons. The Labute approximate surface area is 123 Å². The molecule has 2 rings (SSSR count). The highest BCUT2D eigenvalue weighted by molar-refractivity contribution is 5.78. The van der Waals surface area contributed by atoms with Crippen molar-refractivity contribution in [3.05, 3.63) is 0 Å². The first-order chi connectivity index (χ1) is 10.0. The van der Waals surface area contributed by atoms with Crippen LogP contribution < -0.4 is 5.32 Å². The van der Waals surface area contributed by atoms with Gasteiger partial charge in [-0.3, -0.25) is 19.4 Å². The first-order valence-electron chi connectivity index (χ1n) is 7.27. The average molecular weight is 301 g/mol. The Hall–Kier alpha value is -1.22. The molecular weight excluding hydrogens is 278 g/mol. The fourth-order valence-electron chi connectivity index (χ4n) is 3.09. The molecule has 2 heterocycles. The molecule has 2 saturated heterocycles. The van der Waals surface area contributed by atoms with E-state index >= 15 is 0 Å². The first kappa shape index (κ1) is 16.2. The van der Waals surface area contributed by atoms with Crippen molar-refractivity contribution in [3.63, 3.8) is 0 Å². The van der Waals surface area contributed by atoms with E-state index in [4.69, 9.17) is 5.11 Å². The third-order valence-electron chi connectivity index (χ3n) is 4.14. The van der Waals surface area contributed by atoms with Crippen LogP contribution in [0.3, 0.4) is 0 Å². The Morgan fingerprint density at radius 1 is 1.19 bits per heavy atom. The molecule has 2 aliphatic rings. The average Bonchev–Trinajstić information content (AvgIpc) is 2.99. The third-order valence-corrected chi connectivity index (χ3v) is 4.14. The number of carbonyl (C=O) groups excluding carboxylic acids is 1. The molecule has 0 aromatic heterocycles. The van der Waals surface area contributed by atoms with E-state index in [0.717, 1.165) is 25.9 Å². The molecule has 2 aliphatic heterocycles. The van der Waals surface area contributed by atoms with Gasteiger partial charge < -0.3 is 20.6 Å². The lowest BCUT2D eigenvalue weighted by Gasteiger charge is -2.22. The minimum Gasteiger partial charge on any atom is -0.480 e. The van der Waals surface area contributed by atoms with Crippen LogP contribution in [-0.4, -0.2) is 94.5 Å². The number of nitrogens with one attached hydrogen (secondary N) is 1. The number of likely N-dealkylation sites (tertiary alicyclic amines) is 2. The Balaban J connectivity index is 1.87. The minimum atomic E-state index is -1.02. The summed E-state index contributed by atoms with van der Waals surface area (Å²) in [6.45, 7) is 1.74. The standard InChI is InChI=1S/C13H23N3O5/c17-8-10-13(21)9(5-16(10)7-12(19)20)14-11(18)6-15-3-1-2-4-15/h9-10,13,17,21H,1-8H2,(H,14,18)(H,19,20). The lowest BCUT2D eigenvalue weighted by Crippen LogP contribution is -2.48. The maximum Gasteiger partial charge on any atom is 0.317 e. The number of carboxylic acid groups (broad SMARTS) is 1. The number of nitrogens with zero attached hydrogens (tertiary/aromatic N) is 2. The predicted molar refractivity (Wildman–Crippen MR) is 73.7 cm³/mol. The highest BCUT2D eigenvalue weighted by Crippen LogP contribution is 2.18. The van der Waals surface area contributed by atoms with E-state index in [1.165, 1.54) is 4.90 Å². The monoisotopic (exact) mass is 301 g/mol. The maximum atomic E-state index is 12.0. The van der Waals surface area contributed by atoms with Gasteiger partial charge in [-0.1, -0.05) is 0 Å². The van der Waals surface area contributed by atoms with Crippen LogP contribution in [0, 0.1) is 0 Å². The topological polar surface area (TPSA) is 113 Å². The predicted octanol–water partition coefficient (Wildman–Crippen LogP) is -2.31. The maximum absolute atomic E-state index is 12.0. The van der Waals surface area contributed by atoms with Gasteiger partial charge in [0, 0.05) is 6.54 Å². The molecule has 120 valence electrons. The fourth-order valence-corrected chi connectivity index (χ4v) is 3.09. The molecule has 8 nitrogen and oxygen atoms in total. The second kappa shape index (κ2) is 7.17. The molecule has 0 aliphatic carbocycles. The minimum absolute atomic E-state index is 0.171. The zero-order valence-electron chi connectivity index (χ0n) is 11.9. The van der Waals surface area contributed by atoms with E-state index < -0.39 is 24.2 Å². The number of aliphatic hydroxyl groups is 2. The quantitative estimate of drug-likeness (QED) is 0.436. The first-order valence-corrected chi connectivity index (χ1v) is 7.27. The Kier molecular flexibility index (Phi) is 5.51. The zero-order valence-corrected chi connectivity index (χ0v) is 11.9. The van der Waals surface area contributed by atoms with E-state index in [2.05, 4.69) is 10.2 Å². The summed E-state index contributed by atoms with van der Waals surface area (Å²) in [6.07, 6.45) is 1.23. The van der Waals surface area contributed by atoms with Crippen LogP contribution in [-0.2, 0) is 9.59 Å². The molecule has 21 heavy (non-hydrogen) atoms. The summed E-state index contributed by atoms with van der Waals surface area (Å²) in [5, 5.41) is 31.0. The summed E-state index contributed by atoms with van der Waals surface area (Å²) < 4.78 is 0. The van der Waals surface area contributed by atoms with Crippen LogP contribution in [0.1, 0.15) is 12.8 Å². The summed E-state index contributed by atoms with van der Waals surface area (Å²) in [4.78, 5) is 26.3. The third kappa shape index (κ3) is 4.13. The Bertz CT molecular complexity index is 386. The summed E-state index contributed by atoms with van der Waals surface area (Å²) in [6, 6.07) is -1.20. The van der Waals surface area contributed by atoms with Crippen LogP contribution >= 0.6 is 0 Å². The SMILES string of the molecule is O=C(O)CN1CC(NC(=O)CN2CCCC2)C(O)C1CO. The van der Waals surface area contributed by atoms with Crippen molar-refractivity contribution in [1.29, 1.82) is 0 Å². The molecule has 0 aromatic carbocycles. The van der Waals surface area contributed by atoms with E-state index in [9.17, 15) is 19.8 Å². The van der Waals surface area contributed by atoms with Crippen LogP contribution in [0.25, 0.3) is 0 Å². The Morgan fingerprint density at radius 2 is 1.86 bits per heavy atom.